The molecular weight excluding hydrogens is 256 g/mol. The molecule has 0 amide bonds. The third-order valence-electron chi connectivity index (χ3n) is 3.79. The zero-order chi connectivity index (χ0) is 13.9. The van der Waals surface area contributed by atoms with E-state index in [0.717, 1.165) is 13.1 Å². The highest BCUT2D eigenvalue weighted by atomic mass is 16.1. The zero-order valence-corrected chi connectivity index (χ0v) is 11.6. The van der Waals surface area contributed by atoms with Gasteiger partial charge in [0, 0.05) is 13.1 Å². The summed E-state index contributed by atoms with van der Waals surface area (Å²) in [5.74, 6) is 1.13. The van der Waals surface area contributed by atoms with Crippen molar-refractivity contribution >= 4 is 17.0 Å². The van der Waals surface area contributed by atoms with Crippen molar-refractivity contribution in [2.75, 3.05) is 31.5 Å². The third kappa shape index (κ3) is 2.67. The Kier molecular flexibility index (Phi) is 3.68. The topological polar surface area (TPSA) is 89.7 Å². The molecule has 2 aromatic rings. The smallest absolute Gasteiger partial charge is 0.263 e. The SMILES string of the molecule is CCCN1CCC(CNc2nc3[nH]ncc3c(=O)[nH]2)C1. The normalized spacial score (nSPS) is 19.8. The van der Waals surface area contributed by atoms with Crippen LogP contribution in [-0.4, -0.2) is 51.2 Å². The van der Waals surface area contributed by atoms with Crippen molar-refractivity contribution in [2.24, 2.45) is 5.92 Å². The predicted octanol–water partition coefficient (Wildman–Crippen LogP) is 0.790. The molecule has 0 bridgehead atoms. The van der Waals surface area contributed by atoms with Gasteiger partial charge in [0.2, 0.25) is 5.95 Å². The minimum Gasteiger partial charge on any atom is -0.355 e. The van der Waals surface area contributed by atoms with Crippen LogP contribution in [0, 0.1) is 5.92 Å². The van der Waals surface area contributed by atoms with Gasteiger partial charge >= 0.3 is 0 Å². The Labute approximate surface area is 116 Å². The van der Waals surface area contributed by atoms with Crippen LogP contribution >= 0.6 is 0 Å². The number of aromatic amines is 2. The lowest BCUT2D eigenvalue weighted by atomic mass is 10.1. The molecule has 0 aromatic carbocycles. The van der Waals surface area contributed by atoms with Gasteiger partial charge in [-0.2, -0.15) is 10.1 Å². The molecule has 2 aromatic heterocycles. The van der Waals surface area contributed by atoms with Crippen molar-refractivity contribution in [3.05, 3.63) is 16.6 Å². The van der Waals surface area contributed by atoms with E-state index in [1.54, 1.807) is 0 Å². The van der Waals surface area contributed by atoms with Crippen molar-refractivity contribution in [2.45, 2.75) is 19.8 Å². The molecule has 108 valence electrons. The lowest BCUT2D eigenvalue weighted by Gasteiger charge is -2.15. The average molecular weight is 276 g/mol. The molecule has 3 rings (SSSR count). The van der Waals surface area contributed by atoms with Gasteiger partial charge in [-0.05, 0) is 31.8 Å². The molecule has 1 aliphatic rings. The van der Waals surface area contributed by atoms with Crippen LogP contribution in [0.1, 0.15) is 19.8 Å². The van der Waals surface area contributed by atoms with Crippen molar-refractivity contribution in [3.63, 3.8) is 0 Å². The second-order valence-corrected chi connectivity index (χ2v) is 5.38. The van der Waals surface area contributed by atoms with E-state index < -0.39 is 0 Å². The molecule has 0 spiro atoms. The summed E-state index contributed by atoms with van der Waals surface area (Å²) in [6.45, 7) is 6.51. The van der Waals surface area contributed by atoms with E-state index in [4.69, 9.17) is 0 Å². The Morgan fingerprint density at radius 3 is 3.30 bits per heavy atom. The third-order valence-corrected chi connectivity index (χ3v) is 3.79. The summed E-state index contributed by atoms with van der Waals surface area (Å²) in [6.07, 6.45) is 3.89. The minimum absolute atomic E-state index is 0.162. The van der Waals surface area contributed by atoms with Gasteiger partial charge in [-0.15, -0.1) is 0 Å². The Bertz CT molecular complexity index is 633. The molecule has 3 heterocycles. The number of hydrogen-bond donors (Lipinski definition) is 3. The van der Waals surface area contributed by atoms with Gasteiger partial charge in [-0.1, -0.05) is 6.92 Å². The van der Waals surface area contributed by atoms with Gasteiger partial charge in [0.1, 0.15) is 5.39 Å². The molecule has 1 saturated heterocycles. The molecule has 1 unspecified atom stereocenters. The summed E-state index contributed by atoms with van der Waals surface area (Å²) in [4.78, 5) is 21.3. The fourth-order valence-electron chi connectivity index (χ4n) is 2.77. The van der Waals surface area contributed by atoms with Crippen LogP contribution in [0.5, 0.6) is 0 Å². The van der Waals surface area contributed by atoms with E-state index in [0.29, 0.717) is 22.9 Å². The lowest BCUT2D eigenvalue weighted by Crippen LogP contribution is -2.24. The standard InChI is InChI=1S/C13H20N6O/c1-2-4-19-5-3-9(8-19)6-14-13-16-11-10(7-15-18-11)12(20)17-13/h7,9H,2-6,8H2,1H3,(H3,14,15,16,17,18,20). The number of aromatic nitrogens is 4. The summed E-state index contributed by atoms with van der Waals surface area (Å²) in [5.41, 5.74) is 0.362. The van der Waals surface area contributed by atoms with Gasteiger partial charge in [-0.3, -0.25) is 14.9 Å². The van der Waals surface area contributed by atoms with Crippen molar-refractivity contribution in [3.8, 4) is 0 Å². The number of nitrogens with zero attached hydrogens (tertiary/aromatic N) is 3. The highest BCUT2D eigenvalue weighted by molar-refractivity contribution is 5.73. The van der Waals surface area contributed by atoms with Gasteiger partial charge in [0.25, 0.3) is 5.56 Å². The van der Waals surface area contributed by atoms with Gasteiger partial charge < -0.3 is 10.2 Å². The molecule has 1 atom stereocenters. The number of likely N-dealkylation sites (tertiary alicyclic amines) is 1. The molecule has 0 radical (unpaired) electrons. The molecule has 20 heavy (non-hydrogen) atoms. The molecular formula is C13H20N6O. The largest absolute Gasteiger partial charge is 0.355 e. The maximum atomic E-state index is 11.8. The second kappa shape index (κ2) is 5.62. The van der Waals surface area contributed by atoms with Crippen molar-refractivity contribution in [1.29, 1.82) is 0 Å². The van der Waals surface area contributed by atoms with Crippen molar-refractivity contribution in [1.82, 2.24) is 25.1 Å². The first kappa shape index (κ1) is 13.1. The Morgan fingerprint density at radius 2 is 2.45 bits per heavy atom. The van der Waals surface area contributed by atoms with E-state index in [1.165, 1.54) is 32.1 Å². The molecule has 1 fully saturated rings. The van der Waals surface area contributed by atoms with Crippen LogP contribution in [0.25, 0.3) is 11.0 Å². The molecule has 3 N–H and O–H groups in total. The van der Waals surface area contributed by atoms with Crippen molar-refractivity contribution < 1.29 is 0 Å². The van der Waals surface area contributed by atoms with Gasteiger partial charge in [-0.25, -0.2) is 0 Å². The maximum Gasteiger partial charge on any atom is 0.263 e. The average Bonchev–Trinajstić information content (AvgIpc) is 3.06. The first-order valence-electron chi connectivity index (χ1n) is 7.16. The highest BCUT2D eigenvalue weighted by Crippen LogP contribution is 2.16. The first-order chi connectivity index (χ1) is 9.76. The summed E-state index contributed by atoms with van der Waals surface area (Å²) in [6, 6.07) is 0. The van der Waals surface area contributed by atoms with Crippen LogP contribution in [0.15, 0.2) is 11.0 Å². The highest BCUT2D eigenvalue weighted by Gasteiger charge is 2.21. The van der Waals surface area contributed by atoms with Crippen LogP contribution in [0.3, 0.4) is 0 Å². The summed E-state index contributed by atoms with van der Waals surface area (Å²) in [5, 5.41) is 10.3. The summed E-state index contributed by atoms with van der Waals surface area (Å²) < 4.78 is 0. The summed E-state index contributed by atoms with van der Waals surface area (Å²) in [7, 11) is 0. The summed E-state index contributed by atoms with van der Waals surface area (Å²) >= 11 is 0. The molecule has 1 aliphatic heterocycles. The molecule has 0 saturated carbocycles. The van der Waals surface area contributed by atoms with E-state index in [-0.39, 0.29) is 5.56 Å². The molecule has 0 aliphatic carbocycles. The number of H-pyrrole nitrogens is 2. The molecule has 7 heteroatoms. The Morgan fingerprint density at radius 1 is 1.55 bits per heavy atom. The van der Waals surface area contributed by atoms with E-state index in [1.807, 2.05) is 0 Å². The van der Waals surface area contributed by atoms with E-state index in [2.05, 4.69) is 37.3 Å². The second-order valence-electron chi connectivity index (χ2n) is 5.38. The number of fused-ring (bicyclic) bond motifs is 1. The number of hydrogen-bond acceptors (Lipinski definition) is 5. The Balaban J connectivity index is 1.61. The zero-order valence-electron chi connectivity index (χ0n) is 11.6. The van der Waals surface area contributed by atoms with Crippen LogP contribution in [0.4, 0.5) is 5.95 Å². The number of anilines is 1. The lowest BCUT2D eigenvalue weighted by molar-refractivity contribution is 0.327. The van der Waals surface area contributed by atoms with Crippen LogP contribution < -0.4 is 10.9 Å². The Hall–Kier alpha value is -1.89. The minimum atomic E-state index is -0.162. The quantitative estimate of drug-likeness (QED) is 0.751. The fraction of sp³-hybridized carbons (Fsp3) is 0.615. The maximum absolute atomic E-state index is 11.8. The van der Waals surface area contributed by atoms with Gasteiger partial charge in [0.15, 0.2) is 5.65 Å². The van der Waals surface area contributed by atoms with E-state index in [9.17, 15) is 4.79 Å². The van der Waals surface area contributed by atoms with E-state index >= 15 is 0 Å². The van der Waals surface area contributed by atoms with Crippen LogP contribution in [-0.2, 0) is 0 Å². The van der Waals surface area contributed by atoms with Crippen LogP contribution in [0.2, 0.25) is 0 Å². The fourth-order valence-corrected chi connectivity index (χ4v) is 2.77. The number of nitrogens with one attached hydrogen (secondary N) is 3. The predicted molar refractivity (Wildman–Crippen MR) is 77.8 cm³/mol. The monoisotopic (exact) mass is 276 g/mol. The number of rotatable bonds is 5. The first-order valence-corrected chi connectivity index (χ1v) is 7.16. The molecule has 7 nitrogen and oxygen atoms in total. The van der Waals surface area contributed by atoms with Gasteiger partial charge in [0.05, 0.1) is 6.20 Å².